The minimum atomic E-state index is -3.73. The molecule has 0 saturated carbocycles. The van der Waals surface area contributed by atoms with E-state index in [1.54, 1.807) is 48.5 Å². The molecule has 0 bridgehead atoms. The van der Waals surface area contributed by atoms with Gasteiger partial charge in [-0.25, -0.2) is 16.8 Å². The summed E-state index contributed by atoms with van der Waals surface area (Å²) in [7, 11) is -7.46. The number of carboxylic acids is 1. The van der Waals surface area contributed by atoms with Gasteiger partial charge in [0.15, 0.2) is 0 Å². The van der Waals surface area contributed by atoms with Crippen LogP contribution >= 0.6 is 23.2 Å². The summed E-state index contributed by atoms with van der Waals surface area (Å²) in [6, 6.07) is 38.8. The second-order valence-electron chi connectivity index (χ2n) is 12.3. The van der Waals surface area contributed by atoms with Crippen molar-refractivity contribution in [3.05, 3.63) is 167 Å². The summed E-state index contributed by atoms with van der Waals surface area (Å²) in [5.41, 5.74) is 1.04. The average molecular weight is 788 g/mol. The zero-order valence-corrected chi connectivity index (χ0v) is 31.3. The third kappa shape index (κ3) is 8.58. The van der Waals surface area contributed by atoms with E-state index in [-0.39, 0.29) is 26.0 Å². The van der Waals surface area contributed by atoms with Crippen molar-refractivity contribution in [3.63, 3.8) is 0 Å². The van der Waals surface area contributed by atoms with Crippen LogP contribution in [0.4, 0.5) is 0 Å². The Morgan fingerprint density at radius 3 is 1.06 bits per heavy atom. The third-order valence-corrected chi connectivity index (χ3v) is 12.9. The molecular formula is C41H32Cl2O8S2. The number of halogens is 2. The highest BCUT2D eigenvalue weighted by atomic mass is 35.5. The molecule has 270 valence electrons. The fraction of sp³-hybridized carbons (Fsp3) is 0.0976. The number of hydrogen-bond donors (Lipinski definition) is 1. The van der Waals surface area contributed by atoms with Gasteiger partial charge in [-0.15, -0.1) is 0 Å². The lowest BCUT2D eigenvalue weighted by Gasteiger charge is -2.31. The standard InChI is InChI=1S/C41H32Cl2O8S2/c1-41(27-26-40(44)45,28-2-10-32(11-3-28)50-34-14-22-38(23-15-34)52(46,47)36-18-6-30(42)7-19-36)29-4-12-33(13-5-29)51-35-16-24-39(25-17-35)53(48,49)37-20-8-31(43)9-21-37/h2-25H,26-27H2,1H3,(H,44,45). The molecule has 0 radical (unpaired) electrons. The Kier molecular flexibility index (Phi) is 11.0. The fourth-order valence-corrected chi connectivity index (χ4v) is 8.51. The van der Waals surface area contributed by atoms with Gasteiger partial charge in [0.1, 0.15) is 23.0 Å². The lowest BCUT2D eigenvalue weighted by Crippen LogP contribution is -2.24. The molecule has 6 aromatic carbocycles. The highest BCUT2D eigenvalue weighted by molar-refractivity contribution is 7.91. The highest BCUT2D eigenvalue weighted by Crippen LogP contribution is 2.39. The highest BCUT2D eigenvalue weighted by Gasteiger charge is 2.30. The van der Waals surface area contributed by atoms with Gasteiger partial charge in [0.05, 0.1) is 19.6 Å². The average Bonchev–Trinajstić information content (AvgIpc) is 3.15. The maximum atomic E-state index is 13.0. The molecule has 0 heterocycles. The number of aliphatic carboxylic acids is 1. The molecule has 0 unspecified atom stereocenters. The number of ether oxygens (including phenoxy) is 2. The van der Waals surface area contributed by atoms with Crippen LogP contribution in [-0.4, -0.2) is 27.9 Å². The normalized spacial score (nSPS) is 11.9. The second-order valence-corrected chi connectivity index (χ2v) is 17.1. The Bertz CT molecular complexity index is 2270. The van der Waals surface area contributed by atoms with Gasteiger partial charge in [-0.3, -0.25) is 4.79 Å². The maximum Gasteiger partial charge on any atom is 0.303 e. The molecule has 6 aromatic rings. The molecule has 53 heavy (non-hydrogen) atoms. The smallest absolute Gasteiger partial charge is 0.303 e. The molecule has 0 atom stereocenters. The Morgan fingerprint density at radius 2 is 0.774 bits per heavy atom. The lowest BCUT2D eigenvalue weighted by molar-refractivity contribution is -0.137. The first-order chi connectivity index (χ1) is 25.2. The van der Waals surface area contributed by atoms with Crippen LogP contribution in [0.15, 0.2) is 165 Å². The molecule has 0 amide bonds. The number of benzene rings is 6. The second kappa shape index (κ2) is 15.5. The summed E-state index contributed by atoms with van der Waals surface area (Å²) in [5, 5.41) is 10.4. The molecule has 0 saturated heterocycles. The fourth-order valence-electron chi connectivity index (χ4n) is 5.74. The number of carbonyl (C=O) groups is 1. The van der Waals surface area contributed by atoms with Crippen molar-refractivity contribution >= 4 is 48.8 Å². The zero-order valence-electron chi connectivity index (χ0n) is 28.1. The first kappa shape index (κ1) is 37.6. The van der Waals surface area contributed by atoms with E-state index >= 15 is 0 Å². The predicted molar refractivity (Wildman–Crippen MR) is 203 cm³/mol. The van der Waals surface area contributed by atoms with Crippen LogP contribution in [0.5, 0.6) is 23.0 Å². The summed E-state index contributed by atoms with van der Waals surface area (Å²) in [5.74, 6) is 0.987. The first-order valence-corrected chi connectivity index (χ1v) is 20.0. The molecule has 1 N–H and O–H groups in total. The van der Waals surface area contributed by atoms with Gasteiger partial charge >= 0.3 is 5.97 Å². The van der Waals surface area contributed by atoms with Gasteiger partial charge in [-0.1, -0.05) is 54.4 Å². The molecule has 0 aliphatic carbocycles. The van der Waals surface area contributed by atoms with Crippen molar-refractivity contribution in [2.45, 2.75) is 44.8 Å². The third-order valence-electron chi connectivity index (χ3n) is 8.81. The maximum absolute atomic E-state index is 13.0. The summed E-state index contributed by atoms with van der Waals surface area (Å²) in [4.78, 5) is 12.2. The molecule has 6 rings (SSSR count). The summed E-state index contributed by atoms with van der Waals surface area (Å²) >= 11 is 11.8. The Labute approximate surface area is 318 Å². The van der Waals surface area contributed by atoms with Gasteiger partial charge in [-0.05, 0) is 139 Å². The van der Waals surface area contributed by atoms with Crippen LogP contribution in [0.1, 0.15) is 30.9 Å². The lowest BCUT2D eigenvalue weighted by atomic mass is 9.73. The largest absolute Gasteiger partial charge is 0.481 e. The Morgan fingerprint density at radius 1 is 0.509 bits per heavy atom. The van der Waals surface area contributed by atoms with Crippen LogP contribution < -0.4 is 9.47 Å². The predicted octanol–water partition coefficient (Wildman–Crippen LogP) is 10.4. The molecule has 0 spiro atoms. The van der Waals surface area contributed by atoms with E-state index in [9.17, 15) is 26.7 Å². The summed E-state index contributed by atoms with van der Waals surface area (Å²) < 4.78 is 64.0. The Balaban J connectivity index is 1.15. The van der Waals surface area contributed by atoms with E-state index < -0.39 is 31.1 Å². The van der Waals surface area contributed by atoms with E-state index in [0.29, 0.717) is 39.5 Å². The van der Waals surface area contributed by atoms with Crippen LogP contribution in [0.2, 0.25) is 10.0 Å². The summed E-state index contributed by atoms with van der Waals surface area (Å²) in [6.07, 6.45) is 0.249. The molecule has 0 aliphatic rings. The van der Waals surface area contributed by atoms with Crippen LogP contribution in [0.25, 0.3) is 0 Å². The zero-order chi connectivity index (χ0) is 37.8. The number of hydrogen-bond acceptors (Lipinski definition) is 7. The topological polar surface area (TPSA) is 124 Å². The van der Waals surface area contributed by atoms with Crippen LogP contribution in [-0.2, 0) is 29.9 Å². The number of sulfone groups is 2. The van der Waals surface area contributed by atoms with E-state index in [1.807, 2.05) is 31.2 Å². The van der Waals surface area contributed by atoms with E-state index in [4.69, 9.17) is 32.7 Å². The van der Waals surface area contributed by atoms with Gasteiger partial charge in [-0.2, -0.15) is 0 Å². The SMILES string of the molecule is CC(CCC(=O)O)(c1ccc(Oc2ccc(S(=O)(=O)c3ccc(Cl)cc3)cc2)cc1)c1ccc(Oc2ccc(S(=O)(=O)c3ccc(Cl)cc3)cc2)cc1. The van der Waals surface area contributed by atoms with Crippen molar-refractivity contribution in [2.75, 3.05) is 0 Å². The molecule has 8 nitrogen and oxygen atoms in total. The van der Waals surface area contributed by atoms with E-state index in [1.165, 1.54) is 72.8 Å². The van der Waals surface area contributed by atoms with Crippen molar-refractivity contribution < 1.29 is 36.2 Å². The quantitative estimate of drug-likeness (QED) is 0.123. The van der Waals surface area contributed by atoms with Gasteiger partial charge in [0.2, 0.25) is 19.7 Å². The molecule has 0 aromatic heterocycles. The monoisotopic (exact) mass is 786 g/mol. The van der Waals surface area contributed by atoms with E-state index in [0.717, 1.165) is 11.1 Å². The van der Waals surface area contributed by atoms with Gasteiger partial charge in [0.25, 0.3) is 0 Å². The van der Waals surface area contributed by atoms with Gasteiger partial charge < -0.3 is 14.6 Å². The minimum Gasteiger partial charge on any atom is -0.481 e. The molecule has 0 fully saturated rings. The number of rotatable bonds is 13. The van der Waals surface area contributed by atoms with Crippen LogP contribution in [0, 0.1) is 0 Å². The van der Waals surface area contributed by atoms with Gasteiger partial charge in [0, 0.05) is 21.9 Å². The van der Waals surface area contributed by atoms with Crippen LogP contribution in [0.3, 0.4) is 0 Å². The molecule has 0 aliphatic heterocycles. The van der Waals surface area contributed by atoms with Crippen molar-refractivity contribution in [1.29, 1.82) is 0 Å². The van der Waals surface area contributed by atoms with E-state index in [2.05, 4.69) is 0 Å². The summed E-state index contributed by atoms with van der Waals surface area (Å²) in [6.45, 7) is 1.97. The van der Waals surface area contributed by atoms with Crippen molar-refractivity contribution in [3.8, 4) is 23.0 Å². The van der Waals surface area contributed by atoms with Crippen molar-refractivity contribution in [1.82, 2.24) is 0 Å². The van der Waals surface area contributed by atoms with Crippen molar-refractivity contribution in [2.24, 2.45) is 0 Å². The molecular weight excluding hydrogens is 755 g/mol. The molecule has 12 heteroatoms. The Hall–Kier alpha value is -5.13. The minimum absolute atomic E-state index is 0.0659. The first-order valence-electron chi connectivity index (χ1n) is 16.2. The number of carboxylic acid groups (broad SMARTS) is 1.